The molecule has 1 saturated heterocycles. The number of pyridine rings is 2. The second-order valence-electron chi connectivity index (χ2n) is 6.54. The molecule has 0 unspecified atom stereocenters. The Hall–Kier alpha value is -2.64. The van der Waals surface area contributed by atoms with Crippen molar-refractivity contribution in [1.29, 1.82) is 0 Å². The standard InChI is InChI=1S/C17H18FN3O4/c18-12-8-11-14(22)13(25-17(23)24)9-21(10-4-5-10)15(11)19-16(12)20-6-2-1-3-7-20/h8-10H,1-7H2,(H,23,24). The molecule has 1 saturated carbocycles. The smallest absolute Gasteiger partial charge is 0.449 e. The van der Waals surface area contributed by atoms with Crippen LogP contribution in [0.15, 0.2) is 17.1 Å². The van der Waals surface area contributed by atoms with Crippen molar-refractivity contribution in [3.8, 4) is 5.75 Å². The third kappa shape index (κ3) is 2.92. The van der Waals surface area contributed by atoms with Crippen molar-refractivity contribution in [2.75, 3.05) is 18.0 Å². The fourth-order valence-corrected chi connectivity index (χ4v) is 3.34. The predicted molar refractivity (Wildman–Crippen MR) is 88.9 cm³/mol. The van der Waals surface area contributed by atoms with Crippen LogP contribution in [0.4, 0.5) is 15.0 Å². The molecule has 1 aliphatic heterocycles. The second kappa shape index (κ2) is 6.02. The summed E-state index contributed by atoms with van der Waals surface area (Å²) in [5, 5.41) is 8.86. The Labute approximate surface area is 142 Å². The van der Waals surface area contributed by atoms with E-state index in [1.807, 2.05) is 4.90 Å². The van der Waals surface area contributed by atoms with Crippen molar-refractivity contribution in [3.05, 3.63) is 28.3 Å². The minimum atomic E-state index is -1.57. The second-order valence-corrected chi connectivity index (χ2v) is 6.54. The molecule has 0 atom stereocenters. The van der Waals surface area contributed by atoms with Crippen molar-refractivity contribution in [3.63, 3.8) is 0 Å². The van der Waals surface area contributed by atoms with E-state index in [1.54, 1.807) is 4.57 Å². The molecule has 2 aromatic rings. The lowest BCUT2D eigenvalue weighted by Crippen LogP contribution is -2.31. The van der Waals surface area contributed by atoms with Crippen molar-refractivity contribution < 1.29 is 19.0 Å². The van der Waals surface area contributed by atoms with Gasteiger partial charge in [-0.1, -0.05) is 0 Å². The average Bonchev–Trinajstić information content (AvgIpc) is 3.42. The van der Waals surface area contributed by atoms with Crippen LogP contribution in [0, 0.1) is 5.82 Å². The van der Waals surface area contributed by atoms with E-state index in [1.165, 1.54) is 6.20 Å². The fourth-order valence-electron chi connectivity index (χ4n) is 3.34. The molecule has 0 spiro atoms. The molecule has 7 nitrogen and oxygen atoms in total. The predicted octanol–water partition coefficient (Wildman–Crippen LogP) is 2.92. The van der Waals surface area contributed by atoms with Gasteiger partial charge in [0.2, 0.25) is 5.43 Å². The fraction of sp³-hybridized carbons (Fsp3) is 0.471. The van der Waals surface area contributed by atoms with Crippen molar-refractivity contribution in [2.45, 2.75) is 38.1 Å². The maximum Gasteiger partial charge on any atom is 0.511 e. The summed E-state index contributed by atoms with van der Waals surface area (Å²) < 4.78 is 20.9. The van der Waals surface area contributed by atoms with Gasteiger partial charge in [-0.2, -0.15) is 0 Å². The molecule has 0 radical (unpaired) electrons. The number of anilines is 1. The minimum Gasteiger partial charge on any atom is -0.449 e. The van der Waals surface area contributed by atoms with Gasteiger partial charge < -0.3 is 19.3 Å². The number of hydrogen-bond donors (Lipinski definition) is 1. The van der Waals surface area contributed by atoms with Crippen molar-refractivity contribution in [2.24, 2.45) is 0 Å². The van der Waals surface area contributed by atoms with Crippen molar-refractivity contribution in [1.82, 2.24) is 9.55 Å². The molecule has 1 aliphatic carbocycles. The molecule has 1 N–H and O–H groups in total. The topological polar surface area (TPSA) is 84.7 Å². The molecule has 0 bridgehead atoms. The first-order valence-electron chi connectivity index (χ1n) is 8.45. The van der Waals surface area contributed by atoms with Crippen molar-refractivity contribution >= 4 is 23.0 Å². The monoisotopic (exact) mass is 347 g/mol. The summed E-state index contributed by atoms with van der Waals surface area (Å²) in [6.07, 6.45) is 4.71. The van der Waals surface area contributed by atoms with Gasteiger partial charge in [-0.05, 0) is 38.2 Å². The number of carbonyl (C=O) groups is 1. The Morgan fingerprint density at radius 2 is 2.00 bits per heavy atom. The van der Waals surface area contributed by atoms with Gasteiger partial charge >= 0.3 is 6.16 Å². The lowest BCUT2D eigenvalue weighted by Gasteiger charge is -2.28. The molecule has 3 heterocycles. The van der Waals surface area contributed by atoms with Gasteiger partial charge in [0.1, 0.15) is 5.65 Å². The van der Waals surface area contributed by atoms with E-state index in [0.29, 0.717) is 5.65 Å². The number of ether oxygens (including phenoxy) is 1. The molecule has 2 fully saturated rings. The SMILES string of the molecule is O=C(O)Oc1cn(C2CC2)c2nc(N3CCCCC3)c(F)cc2c1=O. The zero-order valence-electron chi connectivity index (χ0n) is 13.6. The zero-order chi connectivity index (χ0) is 17.6. The third-order valence-corrected chi connectivity index (χ3v) is 4.70. The normalized spacial score (nSPS) is 17.7. The van der Waals surface area contributed by atoms with E-state index in [2.05, 4.69) is 9.72 Å². The van der Waals surface area contributed by atoms with Crippen LogP contribution in [0.3, 0.4) is 0 Å². The maximum atomic E-state index is 14.6. The quantitative estimate of drug-likeness (QED) is 0.860. The number of fused-ring (bicyclic) bond motifs is 1. The number of nitrogens with zero attached hydrogens (tertiary/aromatic N) is 3. The summed E-state index contributed by atoms with van der Waals surface area (Å²) in [4.78, 5) is 29.6. The van der Waals surface area contributed by atoms with E-state index >= 15 is 0 Å². The van der Waals surface area contributed by atoms with Crippen LogP contribution in [0.1, 0.15) is 38.1 Å². The summed E-state index contributed by atoms with van der Waals surface area (Å²) in [5.74, 6) is -0.631. The summed E-state index contributed by atoms with van der Waals surface area (Å²) in [5.41, 5.74) is -0.280. The van der Waals surface area contributed by atoms with E-state index in [0.717, 1.165) is 51.3 Å². The number of carboxylic acid groups (broad SMARTS) is 1. The van der Waals surface area contributed by atoms with Crippen LogP contribution in [0.25, 0.3) is 11.0 Å². The highest BCUT2D eigenvalue weighted by atomic mass is 19.1. The number of halogens is 1. The molecule has 0 amide bonds. The lowest BCUT2D eigenvalue weighted by atomic mass is 10.1. The molecule has 8 heteroatoms. The Bertz CT molecular complexity index is 901. The number of piperidine rings is 1. The molecular formula is C17H18FN3O4. The van der Waals surface area contributed by atoms with Gasteiger partial charge in [-0.3, -0.25) is 4.79 Å². The average molecular weight is 347 g/mol. The third-order valence-electron chi connectivity index (χ3n) is 4.70. The summed E-state index contributed by atoms with van der Waals surface area (Å²) in [6.45, 7) is 1.48. The first-order valence-corrected chi connectivity index (χ1v) is 8.45. The van der Waals surface area contributed by atoms with Gasteiger partial charge in [0.15, 0.2) is 17.4 Å². The summed E-state index contributed by atoms with van der Waals surface area (Å²) >= 11 is 0. The van der Waals surface area contributed by atoms with Crippen LogP contribution >= 0.6 is 0 Å². The van der Waals surface area contributed by atoms with Crippen LogP contribution < -0.4 is 15.1 Å². The first-order chi connectivity index (χ1) is 12.0. The van der Waals surface area contributed by atoms with Gasteiger partial charge in [0.25, 0.3) is 0 Å². The van der Waals surface area contributed by atoms with E-state index in [9.17, 15) is 14.0 Å². The van der Waals surface area contributed by atoms with Crippen LogP contribution in [0.2, 0.25) is 0 Å². The van der Waals surface area contributed by atoms with Crippen LogP contribution in [-0.2, 0) is 0 Å². The number of aromatic nitrogens is 2. The maximum absolute atomic E-state index is 14.6. The Kier molecular flexibility index (Phi) is 3.82. The molecule has 2 aromatic heterocycles. The minimum absolute atomic E-state index is 0.0453. The molecular weight excluding hydrogens is 329 g/mol. The summed E-state index contributed by atoms with van der Waals surface area (Å²) in [6, 6.07) is 1.29. The number of hydrogen-bond acceptors (Lipinski definition) is 5. The Morgan fingerprint density at radius 3 is 2.64 bits per heavy atom. The van der Waals surface area contributed by atoms with E-state index in [-0.39, 0.29) is 23.0 Å². The van der Waals surface area contributed by atoms with Crippen LogP contribution in [0.5, 0.6) is 5.75 Å². The Morgan fingerprint density at radius 1 is 1.28 bits per heavy atom. The molecule has 2 aliphatic rings. The largest absolute Gasteiger partial charge is 0.511 e. The molecule has 4 rings (SSSR count). The van der Waals surface area contributed by atoms with Crippen LogP contribution in [-0.4, -0.2) is 33.9 Å². The Balaban J connectivity index is 1.90. The van der Waals surface area contributed by atoms with E-state index in [4.69, 9.17) is 5.11 Å². The molecule has 0 aromatic carbocycles. The highest BCUT2D eigenvalue weighted by Crippen LogP contribution is 2.38. The van der Waals surface area contributed by atoms with Gasteiger partial charge in [0.05, 0.1) is 11.6 Å². The highest BCUT2D eigenvalue weighted by molar-refractivity contribution is 5.80. The van der Waals surface area contributed by atoms with Gasteiger partial charge in [-0.25, -0.2) is 14.2 Å². The zero-order valence-corrected chi connectivity index (χ0v) is 13.6. The first kappa shape index (κ1) is 15.9. The van der Waals surface area contributed by atoms with Gasteiger partial charge in [0, 0.05) is 19.1 Å². The molecule has 25 heavy (non-hydrogen) atoms. The molecule has 132 valence electrons. The summed E-state index contributed by atoms with van der Waals surface area (Å²) in [7, 11) is 0. The number of rotatable bonds is 3. The van der Waals surface area contributed by atoms with Gasteiger partial charge in [-0.15, -0.1) is 0 Å². The van der Waals surface area contributed by atoms with E-state index < -0.39 is 17.4 Å². The lowest BCUT2D eigenvalue weighted by molar-refractivity contribution is 0.143. The highest BCUT2D eigenvalue weighted by Gasteiger charge is 2.28.